The van der Waals surface area contributed by atoms with Crippen LogP contribution >= 0.6 is 0 Å². The molecule has 0 amide bonds. The molecule has 0 radical (unpaired) electrons. The van der Waals surface area contributed by atoms with Gasteiger partial charge in [-0.1, -0.05) is 124 Å². The Hall–Kier alpha value is -2.23. The van der Waals surface area contributed by atoms with Gasteiger partial charge in [0.05, 0.1) is 6.10 Å². The average Bonchev–Trinajstić information content (AvgIpc) is 3.58. The van der Waals surface area contributed by atoms with E-state index in [0.717, 1.165) is 50.5 Å². The van der Waals surface area contributed by atoms with E-state index in [4.69, 9.17) is 13.6 Å². The summed E-state index contributed by atoms with van der Waals surface area (Å²) in [4.78, 5) is 0. The van der Waals surface area contributed by atoms with Crippen molar-refractivity contribution in [2.45, 2.75) is 181 Å². The molecule has 2 fully saturated rings. The molecule has 0 aliphatic heterocycles. The van der Waals surface area contributed by atoms with Gasteiger partial charge in [-0.2, -0.15) is 0 Å². The summed E-state index contributed by atoms with van der Waals surface area (Å²) in [6.45, 7) is 32.3. The van der Waals surface area contributed by atoms with Gasteiger partial charge in [0.1, 0.15) is 12.2 Å². The molecule has 4 rings (SSSR count). The summed E-state index contributed by atoms with van der Waals surface area (Å²) in [5.74, 6) is 15.6. The van der Waals surface area contributed by atoms with Crippen molar-refractivity contribution in [2.24, 2.45) is 29.6 Å². The molecule has 0 heterocycles. The van der Waals surface area contributed by atoms with E-state index in [1.165, 1.54) is 12.0 Å². The lowest BCUT2D eigenvalue weighted by Gasteiger charge is -2.42. The Labute approximate surface area is 327 Å². The Morgan fingerprint density at radius 2 is 1.55 bits per heavy atom. The maximum Gasteiger partial charge on any atom is 0.277 e. The summed E-state index contributed by atoms with van der Waals surface area (Å²) in [5.41, 5.74) is 2.44. The van der Waals surface area contributed by atoms with E-state index in [2.05, 4.69) is 156 Å². The van der Waals surface area contributed by atoms with Crippen molar-refractivity contribution in [3.05, 3.63) is 59.6 Å². The van der Waals surface area contributed by atoms with Gasteiger partial charge in [0.2, 0.25) is 0 Å². The molecule has 2 saturated carbocycles. The average molecular weight is 759 g/mol. The van der Waals surface area contributed by atoms with Gasteiger partial charge >= 0.3 is 0 Å². The van der Waals surface area contributed by atoms with Crippen LogP contribution in [0.2, 0.25) is 36.3 Å². The molecule has 0 saturated heterocycles. The molecule has 1 N–H and O–H groups in total. The van der Waals surface area contributed by atoms with Crippen molar-refractivity contribution in [3.8, 4) is 23.7 Å². The molecular weight excluding hydrogens is 685 g/mol. The van der Waals surface area contributed by atoms with Crippen LogP contribution < -0.4 is 0 Å². The number of hydrogen-bond donors (Lipinski definition) is 1. The molecular formula is C47H74O4Si2. The summed E-state index contributed by atoms with van der Waals surface area (Å²) < 4.78 is 20.7. The second-order valence-electron chi connectivity index (χ2n) is 20.0. The van der Waals surface area contributed by atoms with Crippen molar-refractivity contribution in [3.63, 3.8) is 0 Å². The number of allylic oxidation sites excluding steroid dienone is 3. The van der Waals surface area contributed by atoms with E-state index < -0.39 is 16.6 Å². The van der Waals surface area contributed by atoms with Gasteiger partial charge < -0.3 is 18.7 Å². The number of aliphatic hydroxyl groups excluding tert-OH is 1. The first kappa shape index (κ1) is 43.5. The smallest absolute Gasteiger partial charge is 0.277 e. The summed E-state index contributed by atoms with van der Waals surface area (Å²) in [6, 6.07) is 10.8. The van der Waals surface area contributed by atoms with Crippen molar-refractivity contribution < 1.29 is 18.7 Å². The number of hydrogen-bond acceptors (Lipinski definition) is 4. The zero-order valence-electron chi connectivity index (χ0n) is 36.0. The maximum absolute atomic E-state index is 11.4. The minimum absolute atomic E-state index is 0.0143. The van der Waals surface area contributed by atoms with E-state index in [1.54, 1.807) is 0 Å². The molecule has 4 nitrogen and oxygen atoms in total. The molecule has 6 heteroatoms. The number of ether oxygens (including phenoxy) is 1. The third kappa shape index (κ3) is 10.8. The van der Waals surface area contributed by atoms with Crippen LogP contribution in [-0.2, 0) is 19.0 Å². The molecule has 3 aliphatic carbocycles. The molecule has 3 aliphatic rings. The number of aliphatic hydroxyl groups is 1. The second kappa shape index (κ2) is 17.3. The van der Waals surface area contributed by atoms with Crippen LogP contribution in [0.3, 0.4) is 0 Å². The fourth-order valence-corrected chi connectivity index (χ4v) is 10.8. The molecule has 0 bridgehead atoms. The fourth-order valence-electron chi connectivity index (χ4n) is 8.12. The van der Waals surface area contributed by atoms with Gasteiger partial charge in [0, 0.05) is 36.7 Å². The van der Waals surface area contributed by atoms with Crippen LogP contribution in [-0.4, -0.2) is 40.1 Å². The molecule has 53 heavy (non-hydrogen) atoms. The van der Waals surface area contributed by atoms with Crippen LogP contribution in [0.4, 0.5) is 0 Å². The Morgan fingerprint density at radius 1 is 0.906 bits per heavy atom. The molecule has 0 spiro atoms. The normalized spacial score (nSPS) is 26.8. The van der Waals surface area contributed by atoms with Crippen LogP contribution in [0.25, 0.3) is 0 Å². The monoisotopic (exact) mass is 759 g/mol. The first-order chi connectivity index (χ1) is 24.6. The van der Waals surface area contributed by atoms with Gasteiger partial charge in [-0.15, -0.1) is 11.8 Å². The van der Waals surface area contributed by atoms with Crippen LogP contribution in [0, 0.1) is 53.3 Å². The topological polar surface area (TPSA) is 47.9 Å². The highest BCUT2D eigenvalue weighted by molar-refractivity contribution is 6.74. The lowest BCUT2D eigenvalue weighted by Crippen LogP contribution is -2.45. The summed E-state index contributed by atoms with van der Waals surface area (Å²) in [5, 5.41) is 11.6. The highest BCUT2D eigenvalue weighted by atomic mass is 28.4. The first-order valence-corrected chi connectivity index (χ1v) is 26.5. The SMILES string of the molecule is CCC#CC[C@H](C)[C@@H](C#C[C@@H]1[C@H]2CC(/C=C(/O)O[C@H]3CCCC[C@@H]3C(C)(C)c3ccccc3)=C[C@H]2C[C@H]1O[Si](C)(C)C(C)(C)C)O[Si](C)(C)C(C)(C)C. The molecule has 8 atom stereocenters. The predicted molar refractivity (Wildman–Crippen MR) is 229 cm³/mol. The number of benzene rings is 1. The fraction of sp³-hybridized carbons (Fsp3) is 0.702. The zero-order valence-corrected chi connectivity index (χ0v) is 38.0. The van der Waals surface area contributed by atoms with Crippen LogP contribution in [0.5, 0.6) is 0 Å². The minimum atomic E-state index is -2.08. The quantitative estimate of drug-likeness (QED) is 0.139. The highest BCUT2D eigenvalue weighted by Gasteiger charge is 2.49. The Morgan fingerprint density at radius 3 is 2.17 bits per heavy atom. The Balaban J connectivity index is 1.60. The van der Waals surface area contributed by atoms with Crippen molar-refractivity contribution >= 4 is 16.6 Å². The number of rotatable bonds is 11. The lowest BCUT2D eigenvalue weighted by molar-refractivity contribution is -0.0400. The minimum Gasteiger partial charge on any atom is -0.481 e. The third-order valence-electron chi connectivity index (χ3n) is 13.7. The third-order valence-corrected chi connectivity index (χ3v) is 22.6. The second-order valence-corrected chi connectivity index (χ2v) is 29.6. The summed E-state index contributed by atoms with van der Waals surface area (Å²) in [7, 11) is -4.12. The summed E-state index contributed by atoms with van der Waals surface area (Å²) >= 11 is 0. The molecule has 294 valence electrons. The predicted octanol–water partition coefficient (Wildman–Crippen LogP) is 12.7. The van der Waals surface area contributed by atoms with Gasteiger partial charge in [-0.3, -0.25) is 0 Å². The highest BCUT2D eigenvalue weighted by Crippen LogP contribution is 2.51. The Kier molecular flexibility index (Phi) is 14.2. The summed E-state index contributed by atoms with van der Waals surface area (Å²) in [6.07, 6.45) is 12.0. The van der Waals surface area contributed by atoms with Crippen molar-refractivity contribution in [1.29, 1.82) is 0 Å². The van der Waals surface area contributed by atoms with E-state index >= 15 is 0 Å². The molecule has 0 unspecified atom stereocenters. The van der Waals surface area contributed by atoms with Crippen molar-refractivity contribution in [1.82, 2.24) is 0 Å². The van der Waals surface area contributed by atoms with E-state index in [1.807, 2.05) is 6.08 Å². The first-order valence-electron chi connectivity index (χ1n) is 20.7. The van der Waals surface area contributed by atoms with Crippen LogP contribution in [0.15, 0.2) is 54.0 Å². The van der Waals surface area contributed by atoms with E-state index in [-0.39, 0.29) is 51.6 Å². The molecule has 1 aromatic carbocycles. The standard InChI is InChI=1S/C47H74O4Si2/c1-15-16-18-23-34(2)41(50-52(11,12)45(3,4)5)29-28-38-39-31-35(30-36(39)33-43(38)51-53(13,14)46(6,7)8)32-44(48)49-42-27-22-21-26-40(42)47(9,10)37-24-19-17-20-25-37/h17,19-20,24-25,30,32,34,36,38-43,48H,15,21-23,26-27,31,33H2,1-14H3/b44-32-/t34-,36-,38+,39-,40-,41+,42-,43+/m0/s1. The maximum atomic E-state index is 11.4. The van der Waals surface area contributed by atoms with Crippen molar-refractivity contribution in [2.75, 3.05) is 0 Å². The molecule has 0 aromatic heterocycles. The van der Waals surface area contributed by atoms with Gasteiger partial charge in [-0.25, -0.2) is 0 Å². The van der Waals surface area contributed by atoms with Crippen LogP contribution in [0.1, 0.15) is 126 Å². The van der Waals surface area contributed by atoms with E-state index in [0.29, 0.717) is 17.8 Å². The van der Waals surface area contributed by atoms with Gasteiger partial charge in [-0.05, 0) is 96.8 Å². The van der Waals surface area contributed by atoms with Gasteiger partial charge in [0.15, 0.2) is 16.6 Å². The van der Waals surface area contributed by atoms with Gasteiger partial charge in [0.25, 0.3) is 5.95 Å². The lowest BCUT2D eigenvalue weighted by atomic mass is 9.66. The number of fused-ring (bicyclic) bond motifs is 1. The molecule has 1 aromatic rings. The van der Waals surface area contributed by atoms with E-state index in [9.17, 15) is 5.11 Å². The Bertz CT molecular complexity index is 1550. The zero-order chi connectivity index (χ0) is 39.4. The largest absolute Gasteiger partial charge is 0.481 e.